The molecular formula is C22H22BrN3O4. The van der Waals surface area contributed by atoms with Crippen molar-refractivity contribution in [2.24, 2.45) is 0 Å². The summed E-state index contributed by atoms with van der Waals surface area (Å²) in [4.78, 5) is 29.6. The topological polar surface area (TPSA) is 101 Å². The maximum Gasteiger partial charge on any atom is 0.358 e. The Bertz CT molecular complexity index is 1050. The molecule has 1 atom stereocenters. The summed E-state index contributed by atoms with van der Waals surface area (Å²) < 4.78 is 10.9. The van der Waals surface area contributed by atoms with Crippen LogP contribution in [0.5, 0.6) is 0 Å². The summed E-state index contributed by atoms with van der Waals surface area (Å²) >= 11 is 3.37. The standard InChI is InChI=1S/C22H22BrN3O4/c1-22(2,3)30-21(28)18-15(23)7-8-16(26-18)19-17-13(9-10-25-19)12(11-24)5-6-14(17)20(27)29-4/h5-8,19,25H,9-10H2,1-4H3. The van der Waals surface area contributed by atoms with Crippen LogP contribution in [0, 0.1) is 11.3 Å². The molecule has 7 nitrogen and oxygen atoms in total. The molecule has 1 unspecified atom stereocenters. The first-order valence-corrected chi connectivity index (χ1v) is 10.2. The highest BCUT2D eigenvalue weighted by Crippen LogP contribution is 2.34. The molecule has 0 aliphatic carbocycles. The van der Waals surface area contributed by atoms with Crippen LogP contribution >= 0.6 is 15.9 Å². The van der Waals surface area contributed by atoms with E-state index in [1.165, 1.54) is 7.11 Å². The largest absolute Gasteiger partial charge is 0.465 e. The van der Waals surface area contributed by atoms with Gasteiger partial charge in [0, 0.05) is 6.54 Å². The Morgan fingerprint density at radius 3 is 2.60 bits per heavy atom. The fraction of sp³-hybridized carbons (Fsp3) is 0.364. The second-order valence-corrected chi connectivity index (χ2v) is 8.72. The van der Waals surface area contributed by atoms with Gasteiger partial charge in [-0.25, -0.2) is 14.6 Å². The third-order valence-corrected chi connectivity index (χ3v) is 5.29. The van der Waals surface area contributed by atoms with Crippen molar-refractivity contribution in [1.82, 2.24) is 10.3 Å². The zero-order chi connectivity index (χ0) is 22.1. The number of halogens is 1. The number of pyridine rings is 1. The second-order valence-electron chi connectivity index (χ2n) is 7.86. The first-order chi connectivity index (χ1) is 14.2. The number of carbonyl (C=O) groups excluding carboxylic acids is 2. The van der Waals surface area contributed by atoms with Crippen LogP contribution in [-0.2, 0) is 15.9 Å². The number of methoxy groups -OCH3 is 1. The molecule has 8 heteroatoms. The van der Waals surface area contributed by atoms with E-state index in [1.807, 2.05) is 0 Å². The normalized spacial score (nSPS) is 15.7. The Morgan fingerprint density at radius 2 is 1.97 bits per heavy atom. The van der Waals surface area contributed by atoms with E-state index in [2.05, 4.69) is 32.3 Å². The van der Waals surface area contributed by atoms with E-state index in [4.69, 9.17) is 9.47 Å². The molecule has 2 heterocycles. The van der Waals surface area contributed by atoms with Crippen molar-refractivity contribution < 1.29 is 19.1 Å². The number of carbonyl (C=O) groups is 2. The van der Waals surface area contributed by atoms with Gasteiger partial charge in [-0.3, -0.25) is 0 Å². The Morgan fingerprint density at radius 1 is 1.23 bits per heavy atom. The average molecular weight is 472 g/mol. The number of hydrogen-bond acceptors (Lipinski definition) is 7. The summed E-state index contributed by atoms with van der Waals surface area (Å²) in [5.74, 6) is -1.04. The van der Waals surface area contributed by atoms with Crippen molar-refractivity contribution in [2.45, 2.75) is 38.8 Å². The lowest BCUT2D eigenvalue weighted by Gasteiger charge is -2.29. The fourth-order valence-electron chi connectivity index (χ4n) is 3.44. The molecule has 0 radical (unpaired) electrons. The van der Waals surface area contributed by atoms with Gasteiger partial charge in [0.05, 0.1) is 40.5 Å². The van der Waals surface area contributed by atoms with Crippen molar-refractivity contribution in [3.05, 3.63) is 62.4 Å². The van der Waals surface area contributed by atoms with Crippen LogP contribution in [0.3, 0.4) is 0 Å². The molecule has 0 saturated heterocycles. The van der Waals surface area contributed by atoms with Gasteiger partial charge < -0.3 is 14.8 Å². The molecule has 0 spiro atoms. The van der Waals surface area contributed by atoms with Crippen LogP contribution in [0.2, 0.25) is 0 Å². The second kappa shape index (κ2) is 8.54. The number of rotatable bonds is 3. The van der Waals surface area contributed by atoms with E-state index >= 15 is 0 Å². The summed E-state index contributed by atoms with van der Waals surface area (Å²) in [6, 6.07) is 8.43. The van der Waals surface area contributed by atoms with E-state index < -0.39 is 23.6 Å². The van der Waals surface area contributed by atoms with Crippen molar-refractivity contribution in [3.8, 4) is 6.07 Å². The van der Waals surface area contributed by atoms with Crippen LogP contribution < -0.4 is 5.32 Å². The number of benzene rings is 1. The van der Waals surface area contributed by atoms with Crippen LogP contribution in [-0.4, -0.2) is 36.2 Å². The van der Waals surface area contributed by atoms with Crippen molar-refractivity contribution in [1.29, 1.82) is 5.26 Å². The molecule has 30 heavy (non-hydrogen) atoms. The Balaban J connectivity index is 2.14. The number of fused-ring (bicyclic) bond motifs is 1. The Kier molecular flexibility index (Phi) is 6.25. The molecule has 1 aliphatic rings. The lowest BCUT2D eigenvalue weighted by Crippen LogP contribution is -2.34. The number of nitrogens with one attached hydrogen (secondary N) is 1. The van der Waals surface area contributed by atoms with Crippen LogP contribution in [0.25, 0.3) is 0 Å². The number of nitrogens with zero attached hydrogens (tertiary/aromatic N) is 2. The molecule has 1 aromatic carbocycles. The number of nitriles is 1. The van der Waals surface area contributed by atoms with E-state index in [0.29, 0.717) is 39.8 Å². The fourth-order valence-corrected chi connectivity index (χ4v) is 3.82. The molecule has 1 N–H and O–H groups in total. The monoisotopic (exact) mass is 471 g/mol. The average Bonchev–Trinajstić information content (AvgIpc) is 2.71. The molecule has 1 aliphatic heterocycles. The molecule has 1 aromatic heterocycles. The van der Waals surface area contributed by atoms with Gasteiger partial charge >= 0.3 is 11.9 Å². The lowest BCUT2D eigenvalue weighted by molar-refractivity contribution is 0.00610. The quantitative estimate of drug-likeness (QED) is 0.680. The third-order valence-electron chi connectivity index (χ3n) is 4.65. The molecule has 0 amide bonds. The summed E-state index contributed by atoms with van der Waals surface area (Å²) in [7, 11) is 1.32. The first kappa shape index (κ1) is 21.9. The maximum absolute atomic E-state index is 12.6. The van der Waals surface area contributed by atoms with Crippen LogP contribution in [0.15, 0.2) is 28.7 Å². The van der Waals surface area contributed by atoms with Gasteiger partial charge in [0.2, 0.25) is 0 Å². The van der Waals surface area contributed by atoms with Gasteiger partial charge in [-0.2, -0.15) is 5.26 Å². The van der Waals surface area contributed by atoms with E-state index in [1.54, 1.807) is 45.0 Å². The van der Waals surface area contributed by atoms with Gasteiger partial charge in [-0.15, -0.1) is 0 Å². The van der Waals surface area contributed by atoms with Crippen molar-refractivity contribution >= 4 is 27.9 Å². The molecule has 3 rings (SSSR count). The minimum atomic E-state index is -0.663. The highest BCUT2D eigenvalue weighted by atomic mass is 79.9. The van der Waals surface area contributed by atoms with E-state index in [-0.39, 0.29) is 5.69 Å². The number of hydrogen-bond donors (Lipinski definition) is 1. The van der Waals surface area contributed by atoms with E-state index in [0.717, 1.165) is 5.56 Å². The highest BCUT2D eigenvalue weighted by molar-refractivity contribution is 9.10. The van der Waals surface area contributed by atoms with Gasteiger partial charge in [-0.05, 0) is 78.5 Å². The summed E-state index contributed by atoms with van der Waals surface area (Å²) in [5, 5.41) is 12.9. The van der Waals surface area contributed by atoms with Crippen LogP contribution in [0.4, 0.5) is 0 Å². The van der Waals surface area contributed by atoms with Gasteiger partial charge in [0.25, 0.3) is 0 Å². The molecular weight excluding hydrogens is 450 g/mol. The summed E-state index contributed by atoms with van der Waals surface area (Å²) in [6.07, 6.45) is 0.592. The maximum atomic E-state index is 12.6. The third kappa shape index (κ3) is 4.37. The predicted octanol–water partition coefficient (Wildman–Crippen LogP) is 3.69. The van der Waals surface area contributed by atoms with Crippen molar-refractivity contribution in [3.63, 3.8) is 0 Å². The molecule has 0 fully saturated rings. The first-order valence-electron chi connectivity index (χ1n) is 9.43. The summed E-state index contributed by atoms with van der Waals surface area (Å²) in [6.45, 7) is 5.95. The lowest BCUT2D eigenvalue weighted by atomic mass is 9.85. The molecule has 156 valence electrons. The van der Waals surface area contributed by atoms with Crippen molar-refractivity contribution in [2.75, 3.05) is 13.7 Å². The minimum Gasteiger partial charge on any atom is -0.465 e. The van der Waals surface area contributed by atoms with Gasteiger partial charge in [0.1, 0.15) is 5.60 Å². The molecule has 0 bridgehead atoms. The molecule has 2 aromatic rings. The summed E-state index contributed by atoms with van der Waals surface area (Å²) in [5.41, 5.74) is 2.34. The number of ether oxygens (including phenoxy) is 2. The SMILES string of the molecule is COC(=O)c1ccc(C#N)c2c1C(c1ccc(Br)c(C(=O)OC(C)(C)C)n1)NCC2. The van der Waals surface area contributed by atoms with Gasteiger partial charge in [0.15, 0.2) is 5.69 Å². The highest BCUT2D eigenvalue weighted by Gasteiger charge is 2.31. The number of esters is 2. The predicted molar refractivity (Wildman–Crippen MR) is 113 cm³/mol. The molecule has 0 saturated carbocycles. The zero-order valence-corrected chi connectivity index (χ0v) is 18.8. The minimum absolute atomic E-state index is 0.146. The smallest absolute Gasteiger partial charge is 0.358 e. The van der Waals surface area contributed by atoms with Crippen LogP contribution in [0.1, 0.15) is 70.0 Å². The van der Waals surface area contributed by atoms with E-state index in [9.17, 15) is 14.9 Å². The Hall–Kier alpha value is -2.76. The number of aromatic nitrogens is 1. The zero-order valence-electron chi connectivity index (χ0n) is 17.2. The van der Waals surface area contributed by atoms with Gasteiger partial charge in [-0.1, -0.05) is 0 Å². The Labute approximate surface area is 183 Å².